The zero-order valence-electron chi connectivity index (χ0n) is 10.2. The first-order chi connectivity index (χ1) is 8.38. The molecule has 0 aliphatic rings. The molecule has 0 radical (unpaired) electrons. The summed E-state index contributed by atoms with van der Waals surface area (Å²) in [5.74, 6) is 0.921. The lowest BCUT2D eigenvalue weighted by atomic mass is 10.2. The van der Waals surface area contributed by atoms with Crippen LogP contribution in [0.5, 0.6) is 5.75 Å². The highest BCUT2D eigenvalue weighted by Crippen LogP contribution is 2.20. The van der Waals surface area contributed by atoms with Gasteiger partial charge in [0.1, 0.15) is 12.4 Å². The molecule has 0 aliphatic heterocycles. The van der Waals surface area contributed by atoms with Crippen molar-refractivity contribution in [2.24, 2.45) is 0 Å². The van der Waals surface area contributed by atoms with Gasteiger partial charge in [-0.15, -0.1) is 0 Å². The Hall–Kier alpha value is -0.580. The summed E-state index contributed by atoms with van der Waals surface area (Å²) < 4.78 is 16.0. The molecule has 1 rings (SSSR count). The topological polar surface area (TPSA) is 27.7 Å². The third-order valence-corrected chi connectivity index (χ3v) is 2.84. The Kier molecular flexibility index (Phi) is 8.05. The van der Waals surface area contributed by atoms with Crippen molar-refractivity contribution < 1.29 is 14.2 Å². The number of rotatable bonds is 9. The first-order valence-electron chi connectivity index (χ1n) is 5.72. The summed E-state index contributed by atoms with van der Waals surface area (Å²) >= 11 is 3.43. The summed E-state index contributed by atoms with van der Waals surface area (Å²) in [5.41, 5.74) is 1.16. The molecular weight excluding hydrogens is 284 g/mol. The van der Waals surface area contributed by atoms with Crippen LogP contribution in [0.2, 0.25) is 0 Å². The minimum atomic E-state index is 0.580. The molecule has 96 valence electrons. The molecule has 0 aliphatic carbocycles. The van der Waals surface area contributed by atoms with Crippen LogP contribution in [0, 0.1) is 0 Å². The molecule has 3 nitrogen and oxygen atoms in total. The molecule has 0 unspecified atom stereocenters. The van der Waals surface area contributed by atoms with E-state index in [-0.39, 0.29) is 0 Å². The van der Waals surface area contributed by atoms with Crippen LogP contribution in [0.4, 0.5) is 0 Å². The predicted octanol–water partition coefficient (Wildman–Crippen LogP) is 3.01. The monoisotopic (exact) mass is 302 g/mol. The zero-order valence-corrected chi connectivity index (χ0v) is 11.7. The van der Waals surface area contributed by atoms with E-state index in [1.807, 2.05) is 24.3 Å². The highest BCUT2D eigenvalue weighted by molar-refractivity contribution is 9.08. The van der Waals surface area contributed by atoms with Crippen molar-refractivity contribution >= 4 is 15.9 Å². The Morgan fingerprint density at radius 3 is 2.65 bits per heavy atom. The maximum atomic E-state index is 5.65. The van der Waals surface area contributed by atoms with Gasteiger partial charge in [-0.25, -0.2) is 0 Å². The standard InChI is InChI=1S/C13H19BrO3/c1-15-7-4-8-16-9-10-17-13-6-3-2-5-12(13)11-14/h2-3,5-6H,4,7-11H2,1H3. The summed E-state index contributed by atoms with van der Waals surface area (Å²) in [4.78, 5) is 0. The lowest BCUT2D eigenvalue weighted by Crippen LogP contribution is -2.09. The fraction of sp³-hybridized carbons (Fsp3) is 0.538. The second-order valence-corrected chi connectivity index (χ2v) is 4.11. The first kappa shape index (κ1) is 14.5. The third-order valence-electron chi connectivity index (χ3n) is 2.24. The van der Waals surface area contributed by atoms with Crippen molar-refractivity contribution in [2.45, 2.75) is 11.8 Å². The SMILES string of the molecule is COCCCOCCOc1ccccc1CBr. The van der Waals surface area contributed by atoms with E-state index in [1.165, 1.54) is 0 Å². The molecule has 0 aromatic heterocycles. The lowest BCUT2D eigenvalue weighted by molar-refractivity contribution is 0.0805. The number of ether oxygens (including phenoxy) is 3. The fourth-order valence-corrected chi connectivity index (χ4v) is 1.84. The van der Waals surface area contributed by atoms with Crippen LogP contribution in [0.3, 0.4) is 0 Å². The van der Waals surface area contributed by atoms with Gasteiger partial charge in [-0.3, -0.25) is 0 Å². The molecule has 0 spiro atoms. The number of alkyl halides is 1. The minimum Gasteiger partial charge on any atom is -0.491 e. The normalized spacial score (nSPS) is 10.5. The van der Waals surface area contributed by atoms with Crippen molar-refractivity contribution in [3.63, 3.8) is 0 Å². The average molecular weight is 303 g/mol. The van der Waals surface area contributed by atoms with Gasteiger partial charge in [0, 0.05) is 31.2 Å². The van der Waals surface area contributed by atoms with Crippen LogP contribution in [0.1, 0.15) is 12.0 Å². The van der Waals surface area contributed by atoms with E-state index >= 15 is 0 Å². The van der Waals surface area contributed by atoms with Gasteiger partial charge in [0.2, 0.25) is 0 Å². The molecule has 0 saturated carbocycles. The van der Waals surface area contributed by atoms with Crippen LogP contribution in [0.15, 0.2) is 24.3 Å². The van der Waals surface area contributed by atoms with Crippen molar-refractivity contribution in [2.75, 3.05) is 33.5 Å². The highest BCUT2D eigenvalue weighted by atomic mass is 79.9. The number of para-hydroxylation sites is 1. The zero-order chi connectivity index (χ0) is 12.3. The van der Waals surface area contributed by atoms with E-state index in [4.69, 9.17) is 14.2 Å². The molecule has 1 aromatic rings. The second kappa shape index (κ2) is 9.45. The molecule has 0 bridgehead atoms. The first-order valence-corrected chi connectivity index (χ1v) is 6.84. The summed E-state index contributed by atoms with van der Waals surface area (Å²) in [6.07, 6.45) is 0.925. The summed E-state index contributed by atoms with van der Waals surface area (Å²) in [6.45, 7) is 2.65. The summed E-state index contributed by atoms with van der Waals surface area (Å²) in [6, 6.07) is 8.00. The van der Waals surface area contributed by atoms with Crippen LogP contribution in [-0.2, 0) is 14.8 Å². The van der Waals surface area contributed by atoms with Gasteiger partial charge in [-0.1, -0.05) is 34.1 Å². The molecule has 4 heteroatoms. The number of benzene rings is 1. The molecule has 1 aromatic carbocycles. The van der Waals surface area contributed by atoms with Crippen LogP contribution < -0.4 is 4.74 Å². The molecule has 0 amide bonds. The Bertz CT molecular complexity index is 304. The van der Waals surface area contributed by atoms with Gasteiger partial charge in [0.05, 0.1) is 6.61 Å². The Labute approximate surface area is 111 Å². The second-order valence-electron chi connectivity index (χ2n) is 3.55. The molecule has 17 heavy (non-hydrogen) atoms. The quantitative estimate of drug-likeness (QED) is 0.518. The van der Waals surface area contributed by atoms with Crippen molar-refractivity contribution in [3.05, 3.63) is 29.8 Å². The molecule has 0 fully saturated rings. The summed E-state index contributed by atoms with van der Waals surface area (Å²) in [7, 11) is 1.69. The van der Waals surface area contributed by atoms with E-state index in [1.54, 1.807) is 7.11 Å². The predicted molar refractivity (Wildman–Crippen MR) is 71.9 cm³/mol. The third kappa shape index (κ3) is 6.05. The molecule has 0 atom stereocenters. The van der Waals surface area contributed by atoms with Gasteiger partial charge < -0.3 is 14.2 Å². The molecule has 0 saturated heterocycles. The Morgan fingerprint density at radius 1 is 1.06 bits per heavy atom. The van der Waals surface area contributed by atoms with Gasteiger partial charge in [-0.05, 0) is 12.5 Å². The van der Waals surface area contributed by atoms with Gasteiger partial charge in [0.15, 0.2) is 0 Å². The smallest absolute Gasteiger partial charge is 0.123 e. The number of methoxy groups -OCH3 is 1. The molecule has 0 heterocycles. The highest BCUT2D eigenvalue weighted by Gasteiger charge is 2.00. The van der Waals surface area contributed by atoms with Crippen LogP contribution >= 0.6 is 15.9 Å². The van der Waals surface area contributed by atoms with Crippen molar-refractivity contribution in [1.29, 1.82) is 0 Å². The molecule has 0 N–H and O–H groups in total. The van der Waals surface area contributed by atoms with E-state index in [9.17, 15) is 0 Å². The molecular formula is C13H19BrO3. The largest absolute Gasteiger partial charge is 0.491 e. The van der Waals surface area contributed by atoms with Gasteiger partial charge in [-0.2, -0.15) is 0 Å². The number of halogens is 1. The minimum absolute atomic E-state index is 0.580. The average Bonchev–Trinajstić information content (AvgIpc) is 2.38. The lowest BCUT2D eigenvalue weighted by Gasteiger charge is -2.10. The van der Waals surface area contributed by atoms with E-state index in [0.29, 0.717) is 13.2 Å². The van der Waals surface area contributed by atoms with Gasteiger partial charge >= 0.3 is 0 Å². The maximum absolute atomic E-state index is 5.65. The van der Waals surface area contributed by atoms with E-state index < -0.39 is 0 Å². The van der Waals surface area contributed by atoms with Crippen molar-refractivity contribution in [3.8, 4) is 5.75 Å². The number of hydrogen-bond donors (Lipinski definition) is 0. The number of hydrogen-bond acceptors (Lipinski definition) is 3. The van der Waals surface area contributed by atoms with Crippen molar-refractivity contribution in [1.82, 2.24) is 0 Å². The van der Waals surface area contributed by atoms with E-state index in [2.05, 4.69) is 15.9 Å². The van der Waals surface area contributed by atoms with Crippen LogP contribution in [-0.4, -0.2) is 33.5 Å². The fourth-order valence-electron chi connectivity index (χ4n) is 1.37. The van der Waals surface area contributed by atoms with Gasteiger partial charge in [0.25, 0.3) is 0 Å². The Balaban J connectivity index is 2.13. The summed E-state index contributed by atoms with van der Waals surface area (Å²) in [5, 5.41) is 0.803. The Morgan fingerprint density at radius 2 is 1.88 bits per heavy atom. The maximum Gasteiger partial charge on any atom is 0.123 e. The van der Waals surface area contributed by atoms with E-state index in [0.717, 1.165) is 36.3 Å². The van der Waals surface area contributed by atoms with Crippen LogP contribution in [0.25, 0.3) is 0 Å².